The number of carboxylic acid groups (broad SMARTS) is 1. The third-order valence-electron chi connectivity index (χ3n) is 5.04. The summed E-state index contributed by atoms with van der Waals surface area (Å²) in [4.78, 5) is 20.3. The number of unbranched alkanes of at least 4 members (excludes halogenated alkanes) is 1. The van der Waals surface area contributed by atoms with Crippen molar-refractivity contribution in [2.24, 2.45) is 0 Å². The molecule has 0 aliphatic carbocycles. The SMILES string of the molecule is CCCCC(CCSC)Nc1nc(N)nc(C)c1Cc1cc(C(=O)O)ccc1OC. The van der Waals surface area contributed by atoms with E-state index in [2.05, 4.69) is 28.5 Å². The minimum Gasteiger partial charge on any atom is -0.496 e. The number of methoxy groups -OCH3 is 1. The van der Waals surface area contributed by atoms with Gasteiger partial charge in [-0.15, -0.1) is 0 Å². The van der Waals surface area contributed by atoms with Gasteiger partial charge in [0.2, 0.25) is 5.95 Å². The number of nitrogen functional groups attached to an aromatic ring is 1. The molecule has 0 saturated heterocycles. The van der Waals surface area contributed by atoms with E-state index in [1.807, 2.05) is 18.7 Å². The summed E-state index contributed by atoms with van der Waals surface area (Å²) in [5.41, 5.74) is 8.61. The van der Waals surface area contributed by atoms with Gasteiger partial charge in [0.15, 0.2) is 0 Å². The molecule has 2 rings (SSSR count). The third-order valence-corrected chi connectivity index (χ3v) is 5.69. The van der Waals surface area contributed by atoms with E-state index < -0.39 is 5.97 Å². The molecule has 4 N–H and O–H groups in total. The summed E-state index contributed by atoms with van der Waals surface area (Å²) >= 11 is 1.83. The standard InChI is InChI=1S/C22H32N4O3S/c1-5-6-7-17(10-11-30-4)25-20-18(14(2)24-22(23)26-20)13-16-12-15(21(27)28)8-9-19(16)29-3/h8-9,12,17H,5-7,10-11,13H2,1-4H3,(H,27,28)(H3,23,24,25,26). The fourth-order valence-electron chi connectivity index (χ4n) is 3.38. The molecule has 30 heavy (non-hydrogen) atoms. The van der Waals surface area contributed by atoms with Gasteiger partial charge in [0.05, 0.1) is 12.7 Å². The Bertz CT molecular complexity index is 853. The molecule has 0 saturated carbocycles. The van der Waals surface area contributed by atoms with Crippen molar-refractivity contribution in [2.45, 2.75) is 52.0 Å². The number of aryl methyl sites for hydroxylation is 1. The average Bonchev–Trinajstić information content (AvgIpc) is 2.72. The normalized spacial score (nSPS) is 11.9. The molecule has 0 amide bonds. The molecular weight excluding hydrogens is 400 g/mol. The molecule has 0 aliphatic heterocycles. The van der Waals surface area contributed by atoms with Crippen molar-refractivity contribution in [3.63, 3.8) is 0 Å². The highest BCUT2D eigenvalue weighted by Crippen LogP contribution is 2.28. The molecule has 2 aromatic rings. The van der Waals surface area contributed by atoms with Crippen LogP contribution in [0.1, 0.15) is 59.8 Å². The van der Waals surface area contributed by atoms with Crippen LogP contribution >= 0.6 is 11.8 Å². The Morgan fingerprint density at radius 1 is 1.33 bits per heavy atom. The summed E-state index contributed by atoms with van der Waals surface area (Å²) < 4.78 is 5.46. The summed E-state index contributed by atoms with van der Waals surface area (Å²) in [6.07, 6.45) is 6.90. The van der Waals surface area contributed by atoms with Crippen molar-refractivity contribution in [2.75, 3.05) is 30.2 Å². The van der Waals surface area contributed by atoms with Gasteiger partial charge < -0.3 is 20.9 Å². The van der Waals surface area contributed by atoms with E-state index in [0.717, 1.165) is 48.3 Å². The van der Waals surface area contributed by atoms with E-state index in [-0.39, 0.29) is 17.6 Å². The van der Waals surface area contributed by atoms with Crippen molar-refractivity contribution >= 4 is 29.5 Å². The third kappa shape index (κ3) is 6.52. The van der Waals surface area contributed by atoms with Gasteiger partial charge in [0.1, 0.15) is 11.6 Å². The number of carbonyl (C=O) groups is 1. The molecule has 0 radical (unpaired) electrons. The summed E-state index contributed by atoms with van der Waals surface area (Å²) in [5.74, 6) is 1.66. The number of rotatable bonds is 12. The number of anilines is 2. The molecule has 1 heterocycles. The Labute approximate surface area is 182 Å². The van der Waals surface area contributed by atoms with Crippen molar-refractivity contribution < 1.29 is 14.6 Å². The summed E-state index contributed by atoms with van der Waals surface area (Å²) in [6.45, 7) is 4.08. The molecule has 164 valence electrons. The smallest absolute Gasteiger partial charge is 0.335 e. The fourth-order valence-corrected chi connectivity index (χ4v) is 3.90. The number of nitrogens with one attached hydrogen (secondary N) is 1. The highest BCUT2D eigenvalue weighted by molar-refractivity contribution is 7.98. The van der Waals surface area contributed by atoms with Crippen molar-refractivity contribution in [3.8, 4) is 5.75 Å². The first-order valence-electron chi connectivity index (χ1n) is 10.2. The number of benzene rings is 1. The minimum atomic E-state index is -0.973. The Hall–Kier alpha value is -2.48. The lowest BCUT2D eigenvalue weighted by atomic mass is 10.00. The van der Waals surface area contributed by atoms with E-state index >= 15 is 0 Å². The number of nitrogens with zero attached hydrogens (tertiary/aromatic N) is 2. The Balaban J connectivity index is 2.41. The van der Waals surface area contributed by atoms with Crippen LogP contribution < -0.4 is 15.8 Å². The molecule has 1 aromatic heterocycles. The lowest BCUT2D eigenvalue weighted by molar-refractivity contribution is 0.0696. The molecule has 0 bridgehead atoms. The van der Waals surface area contributed by atoms with Crippen molar-refractivity contribution in [1.29, 1.82) is 0 Å². The van der Waals surface area contributed by atoms with Crippen LogP contribution in [-0.4, -0.2) is 46.2 Å². The zero-order valence-electron chi connectivity index (χ0n) is 18.2. The summed E-state index contributed by atoms with van der Waals surface area (Å²) in [6, 6.07) is 5.15. The van der Waals surface area contributed by atoms with Crippen LogP contribution in [0, 0.1) is 6.92 Å². The second kappa shape index (κ2) is 11.6. The molecule has 8 heteroatoms. The van der Waals surface area contributed by atoms with Gasteiger partial charge in [0, 0.05) is 23.7 Å². The minimum absolute atomic E-state index is 0.218. The van der Waals surface area contributed by atoms with E-state index in [9.17, 15) is 9.90 Å². The van der Waals surface area contributed by atoms with Gasteiger partial charge >= 0.3 is 5.97 Å². The Kier molecular flexibility index (Phi) is 9.23. The monoisotopic (exact) mass is 432 g/mol. The highest BCUT2D eigenvalue weighted by Gasteiger charge is 2.18. The van der Waals surface area contributed by atoms with Crippen molar-refractivity contribution in [1.82, 2.24) is 9.97 Å². The topological polar surface area (TPSA) is 110 Å². The number of aromatic carboxylic acids is 1. The highest BCUT2D eigenvalue weighted by atomic mass is 32.2. The van der Waals surface area contributed by atoms with E-state index in [1.165, 1.54) is 0 Å². The second-order valence-corrected chi connectivity index (χ2v) is 8.25. The number of aromatic nitrogens is 2. The second-order valence-electron chi connectivity index (χ2n) is 7.27. The Morgan fingerprint density at radius 2 is 2.10 bits per heavy atom. The maximum absolute atomic E-state index is 11.4. The van der Waals surface area contributed by atoms with Gasteiger partial charge in [-0.05, 0) is 55.5 Å². The lowest BCUT2D eigenvalue weighted by Crippen LogP contribution is -2.23. The number of hydrogen-bond acceptors (Lipinski definition) is 7. The van der Waals surface area contributed by atoms with Gasteiger partial charge in [-0.3, -0.25) is 0 Å². The quantitative estimate of drug-likeness (QED) is 0.453. The van der Waals surface area contributed by atoms with E-state index in [4.69, 9.17) is 10.5 Å². The molecule has 1 atom stereocenters. The first kappa shape index (κ1) is 23.8. The number of carboxylic acids is 1. The van der Waals surface area contributed by atoms with Crippen LogP contribution in [0.4, 0.5) is 11.8 Å². The Morgan fingerprint density at radius 3 is 2.73 bits per heavy atom. The fraction of sp³-hybridized carbons (Fsp3) is 0.500. The van der Waals surface area contributed by atoms with Gasteiger partial charge in [-0.1, -0.05) is 19.8 Å². The molecule has 7 nitrogen and oxygen atoms in total. The lowest BCUT2D eigenvalue weighted by Gasteiger charge is -2.22. The molecule has 1 aromatic carbocycles. The number of hydrogen-bond donors (Lipinski definition) is 3. The van der Waals surface area contributed by atoms with Crippen LogP contribution in [-0.2, 0) is 6.42 Å². The first-order valence-corrected chi connectivity index (χ1v) is 11.6. The zero-order valence-corrected chi connectivity index (χ0v) is 19.0. The van der Waals surface area contributed by atoms with Crippen LogP contribution in [0.5, 0.6) is 5.75 Å². The van der Waals surface area contributed by atoms with E-state index in [1.54, 1.807) is 25.3 Å². The van der Waals surface area contributed by atoms with Gasteiger partial charge in [-0.2, -0.15) is 16.7 Å². The molecule has 0 fully saturated rings. The molecule has 0 aliphatic rings. The first-order chi connectivity index (χ1) is 14.4. The van der Waals surface area contributed by atoms with Gasteiger partial charge in [-0.25, -0.2) is 9.78 Å². The zero-order chi connectivity index (χ0) is 22.1. The largest absolute Gasteiger partial charge is 0.496 e. The molecule has 0 spiro atoms. The van der Waals surface area contributed by atoms with E-state index in [0.29, 0.717) is 18.0 Å². The van der Waals surface area contributed by atoms with Crippen LogP contribution in [0.2, 0.25) is 0 Å². The van der Waals surface area contributed by atoms with Crippen molar-refractivity contribution in [3.05, 3.63) is 40.6 Å². The van der Waals surface area contributed by atoms with Crippen LogP contribution in [0.15, 0.2) is 18.2 Å². The summed E-state index contributed by atoms with van der Waals surface area (Å²) in [7, 11) is 1.58. The predicted molar refractivity (Wildman–Crippen MR) is 124 cm³/mol. The number of ether oxygens (including phenoxy) is 1. The van der Waals surface area contributed by atoms with Crippen LogP contribution in [0.25, 0.3) is 0 Å². The maximum Gasteiger partial charge on any atom is 0.335 e. The van der Waals surface area contributed by atoms with Gasteiger partial charge in [0.25, 0.3) is 0 Å². The maximum atomic E-state index is 11.4. The average molecular weight is 433 g/mol. The predicted octanol–water partition coefficient (Wildman–Crippen LogP) is 4.39. The number of nitrogens with two attached hydrogens (primary N) is 1. The number of thioether (sulfide) groups is 1. The van der Waals surface area contributed by atoms with Crippen LogP contribution in [0.3, 0.4) is 0 Å². The summed E-state index contributed by atoms with van der Waals surface area (Å²) in [5, 5.41) is 13.0. The molecule has 1 unspecified atom stereocenters. The molecular formula is C22H32N4O3S.